The number of ether oxygens (including phenoxy) is 2. The number of likely N-dealkylation sites (N-methyl/N-ethyl adjacent to an activating group) is 1. The van der Waals surface area contributed by atoms with E-state index in [-0.39, 0.29) is 11.8 Å². The minimum atomic E-state index is 0.122. The topological polar surface area (TPSA) is 67.8 Å². The van der Waals surface area contributed by atoms with Crippen LogP contribution < -0.4 is 9.47 Å². The average molecular weight is 370 g/mol. The molecule has 3 rings (SSSR count). The van der Waals surface area contributed by atoms with Crippen LogP contribution in [0.1, 0.15) is 24.5 Å². The molecule has 0 aliphatic carbocycles. The van der Waals surface area contributed by atoms with Gasteiger partial charge in [-0.25, -0.2) is 4.98 Å². The highest BCUT2D eigenvalue weighted by molar-refractivity contribution is 5.77. The summed E-state index contributed by atoms with van der Waals surface area (Å²) in [4.78, 5) is 24.8. The van der Waals surface area contributed by atoms with E-state index in [0.717, 1.165) is 37.4 Å². The third-order valence-electron chi connectivity index (χ3n) is 4.68. The van der Waals surface area contributed by atoms with E-state index in [2.05, 4.69) is 14.9 Å². The molecule has 1 saturated heterocycles. The number of hydrogen-bond donors (Lipinski definition) is 0. The van der Waals surface area contributed by atoms with Gasteiger partial charge in [-0.15, -0.1) is 0 Å². The number of carbonyl (C=O) groups excluding carboxylic acids is 1. The molecule has 1 unspecified atom stereocenters. The van der Waals surface area contributed by atoms with Gasteiger partial charge in [-0.1, -0.05) is 6.07 Å². The van der Waals surface area contributed by atoms with Gasteiger partial charge >= 0.3 is 0 Å². The molecule has 2 heterocycles. The monoisotopic (exact) mass is 370 g/mol. The SMILES string of the molecule is COc1cccc(Oc2cncc(C3CCCN(CC(=O)N(C)C)C3)n2)c1. The fourth-order valence-corrected chi connectivity index (χ4v) is 3.17. The van der Waals surface area contributed by atoms with Crippen LogP contribution in [0.15, 0.2) is 36.7 Å². The third kappa shape index (κ3) is 5.17. The molecule has 1 aliphatic heterocycles. The summed E-state index contributed by atoms with van der Waals surface area (Å²) in [6, 6.07) is 7.39. The van der Waals surface area contributed by atoms with Crippen molar-refractivity contribution in [3.05, 3.63) is 42.4 Å². The number of aromatic nitrogens is 2. The van der Waals surface area contributed by atoms with Gasteiger partial charge in [0.2, 0.25) is 11.8 Å². The lowest BCUT2D eigenvalue weighted by Gasteiger charge is -2.32. The lowest BCUT2D eigenvalue weighted by molar-refractivity contribution is -0.130. The third-order valence-corrected chi connectivity index (χ3v) is 4.68. The van der Waals surface area contributed by atoms with Gasteiger partial charge in [-0.3, -0.25) is 14.7 Å². The summed E-state index contributed by atoms with van der Waals surface area (Å²) in [5.74, 6) is 2.21. The molecule has 0 saturated carbocycles. The van der Waals surface area contributed by atoms with Crippen molar-refractivity contribution in [2.24, 2.45) is 0 Å². The Morgan fingerprint density at radius 1 is 1.30 bits per heavy atom. The molecule has 0 spiro atoms. The summed E-state index contributed by atoms with van der Waals surface area (Å²) < 4.78 is 11.1. The van der Waals surface area contributed by atoms with Crippen LogP contribution in [0.25, 0.3) is 0 Å². The molecule has 1 aromatic heterocycles. The van der Waals surface area contributed by atoms with Gasteiger partial charge < -0.3 is 14.4 Å². The quantitative estimate of drug-likeness (QED) is 0.778. The van der Waals surface area contributed by atoms with Crippen LogP contribution in [0.3, 0.4) is 0 Å². The van der Waals surface area contributed by atoms with E-state index in [1.165, 1.54) is 0 Å². The molecule has 1 atom stereocenters. The Kier molecular flexibility index (Phi) is 6.24. The summed E-state index contributed by atoms with van der Waals surface area (Å²) in [5, 5.41) is 0. The fourth-order valence-electron chi connectivity index (χ4n) is 3.17. The Bertz CT molecular complexity index is 781. The highest BCUT2D eigenvalue weighted by Crippen LogP contribution is 2.28. The minimum Gasteiger partial charge on any atom is -0.497 e. The van der Waals surface area contributed by atoms with Crippen molar-refractivity contribution in [2.75, 3.05) is 40.8 Å². The molecule has 0 N–H and O–H groups in total. The lowest BCUT2D eigenvalue weighted by atomic mass is 9.95. The lowest BCUT2D eigenvalue weighted by Crippen LogP contribution is -2.41. The number of hydrogen-bond acceptors (Lipinski definition) is 6. The van der Waals surface area contributed by atoms with Crippen molar-refractivity contribution in [3.63, 3.8) is 0 Å². The first kappa shape index (κ1) is 19.1. The zero-order valence-corrected chi connectivity index (χ0v) is 16.1. The second-order valence-corrected chi connectivity index (χ2v) is 6.93. The van der Waals surface area contributed by atoms with Crippen molar-refractivity contribution in [3.8, 4) is 17.4 Å². The fraction of sp³-hybridized carbons (Fsp3) is 0.450. The van der Waals surface area contributed by atoms with Gasteiger partial charge in [0.05, 0.1) is 25.5 Å². The Labute approximate surface area is 159 Å². The first-order chi connectivity index (χ1) is 13.0. The predicted octanol–water partition coefficient (Wildman–Crippen LogP) is 2.55. The van der Waals surface area contributed by atoms with E-state index in [1.54, 1.807) is 38.5 Å². The molecule has 0 radical (unpaired) electrons. The summed E-state index contributed by atoms with van der Waals surface area (Å²) in [6.07, 6.45) is 5.47. The van der Waals surface area contributed by atoms with Crippen LogP contribution in [0, 0.1) is 0 Å². The molecule has 7 heteroatoms. The molecule has 1 aliphatic rings. The van der Waals surface area contributed by atoms with Gasteiger partial charge in [0.1, 0.15) is 11.5 Å². The molecule has 0 bridgehead atoms. The number of nitrogens with zero attached hydrogens (tertiary/aromatic N) is 4. The number of rotatable bonds is 6. The van der Waals surface area contributed by atoms with Crippen molar-refractivity contribution < 1.29 is 14.3 Å². The smallest absolute Gasteiger partial charge is 0.238 e. The van der Waals surface area contributed by atoms with Crippen molar-refractivity contribution in [2.45, 2.75) is 18.8 Å². The first-order valence-electron chi connectivity index (χ1n) is 9.11. The maximum absolute atomic E-state index is 12.0. The first-order valence-corrected chi connectivity index (χ1v) is 9.11. The van der Waals surface area contributed by atoms with Crippen LogP contribution in [0.2, 0.25) is 0 Å². The van der Waals surface area contributed by atoms with Gasteiger partial charge in [0, 0.05) is 38.8 Å². The maximum Gasteiger partial charge on any atom is 0.238 e. The zero-order valence-electron chi connectivity index (χ0n) is 16.1. The Morgan fingerprint density at radius 3 is 2.89 bits per heavy atom. The van der Waals surface area contributed by atoms with Gasteiger partial charge in [0.15, 0.2) is 0 Å². The minimum absolute atomic E-state index is 0.122. The summed E-state index contributed by atoms with van der Waals surface area (Å²) in [6.45, 7) is 2.18. The second kappa shape index (κ2) is 8.81. The van der Waals surface area contributed by atoms with E-state index in [1.807, 2.05) is 24.3 Å². The summed E-state index contributed by atoms with van der Waals surface area (Å²) >= 11 is 0. The van der Waals surface area contributed by atoms with Gasteiger partial charge in [-0.2, -0.15) is 0 Å². The number of methoxy groups -OCH3 is 1. The average Bonchev–Trinajstić information content (AvgIpc) is 2.68. The number of benzene rings is 1. The number of carbonyl (C=O) groups is 1. The second-order valence-electron chi connectivity index (χ2n) is 6.93. The van der Waals surface area contributed by atoms with Crippen LogP contribution in [0.5, 0.6) is 17.4 Å². The van der Waals surface area contributed by atoms with E-state index < -0.39 is 0 Å². The molecule has 1 amide bonds. The van der Waals surface area contributed by atoms with Gasteiger partial charge in [-0.05, 0) is 31.5 Å². The number of likely N-dealkylation sites (tertiary alicyclic amines) is 1. The van der Waals surface area contributed by atoms with Crippen LogP contribution in [-0.2, 0) is 4.79 Å². The molecule has 7 nitrogen and oxygen atoms in total. The van der Waals surface area contributed by atoms with Crippen molar-refractivity contribution in [1.29, 1.82) is 0 Å². The van der Waals surface area contributed by atoms with Crippen LogP contribution >= 0.6 is 0 Å². The molecule has 27 heavy (non-hydrogen) atoms. The van der Waals surface area contributed by atoms with Crippen LogP contribution in [-0.4, -0.2) is 66.5 Å². The highest BCUT2D eigenvalue weighted by atomic mass is 16.5. The van der Waals surface area contributed by atoms with Crippen LogP contribution in [0.4, 0.5) is 0 Å². The van der Waals surface area contributed by atoms with E-state index >= 15 is 0 Å². The molecule has 144 valence electrons. The molecular formula is C20H26N4O3. The largest absolute Gasteiger partial charge is 0.497 e. The van der Waals surface area contributed by atoms with Crippen molar-refractivity contribution >= 4 is 5.91 Å². The number of amides is 1. The van der Waals surface area contributed by atoms with Crippen molar-refractivity contribution in [1.82, 2.24) is 19.8 Å². The molecule has 1 aromatic carbocycles. The predicted molar refractivity (Wildman–Crippen MR) is 102 cm³/mol. The Balaban J connectivity index is 1.68. The molecule has 2 aromatic rings. The van der Waals surface area contributed by atoms with E-state index in [9.17, 15) is 4.79 Å². The normalized spacial score (nSPS) is 17.4. The maximum atomic E-state index is 12.0. The summed E-state index contributed by atoms with van der Waals surface area (Å²) in [5.41, 5.74) is 0.900. The Morgan fingerprint density at radius 2 is 2.11 bits per heavy atom. The standard InChI is InChI=1S/C20H26N4O3/c1-23(2)20(25)14-24-9-5-6-15(13-24)18-11-21-12-19(22-18)27-17-8-4-7-16(10-17)26-3/h4,7-8,10-12,15H,5-6,9,13-14H2,1-3H3. The number of piperidine rings is 1. The molecule has 1 fully saturated rings. The highest BCUT2D eigenvalue weighted by Gasteiger charge is 2.24. The Hall–Kier alpha value is -2.67. The zero-order chi connectivity index (χ0) is 19.2. The summed E-state index contributed by atoms with van der Waals surface area (Å²) in [7, 11) is 5.19. The molecular weight excluding hydrogens is 344 g/mol. The van der Waals surface area contributed by atoms with Gasteiger partial charge in [0.25, 0.3) is 0 Å². The van der Waals surface area contributed by atoms with E-state index in [0.29, 0.717) is 18.2 Å². The van der Waals surface area contributed by atoms with E-state index in [4.69, 9.17) is 9.47 Å².